The summed E-state index contributed by atoms with van der Waals surface area (Å²) < 4.78 is 11.1. The Hall–Kier alpha value is -2.08. The molecule has 0 spiro atoms. The fourth-order valence-electron chi connectivity index (χ4n) is 2.59. The molecule has 1 aromatic carbocycles. The van der Waals surface area contributed by atoms with Crippen LogP contribution in [0, 0.1) is 5.92 Å². The molecule has 6 nitrogen and oxygen atoms in total. The molecule has 1 amide bonds. The zero-order valence-corrected chi connectivity index (χ0v) is 12.9. The van der Waals surface area contributed by atoms with Gasteiger partial charge in [-0.3, -0.25) is 4.79 Å². The number of ether oxygens (including phenoxy) is 2. The summed E-state index contributed by atoms with van der Waals surface area (Å²) in [5.74, 6) is 0.165. The number of rotatable bonds is 7. The van der Waals surface area contributed by atoms with E-state index in [1.807, 2.05) is 24.3 Å². The number of hydrogen-bond donors (Lipinski definition) is 2. The summed E-state index contributed by atoms with van der Waals surface area (Å²) in [6, 6.07) is 7.62. The van der Waals surface area contributed by atoms with Crippen molar-refractivity contribution in [1.82, 2.24) is 5.32 Å². The number of nitrogens with one attached hydrogen (secondary N) is 1. The number of carboxylic acids is 1. The first-order valence-corrected chi connectivity index (χ1v) is 8.00. The zero-order chi connectivity index (χ0) is 16.2. The van der Waals surface area contributed by atoms with Gasteiger partial charge in [0.15, 0.2) is 6.10 Å². The molecule has 124 valence electrons. The minimum atomic E-state index is -1.01. The van der Waals surface area contributed by atoms with Crippen molar-refractivity contribution >= 4 is 11.9 Å². The Morgan fingerprint density at radius 3 is 2.61 bits per heavy atom. The highest BCUT2D eigenvalue weighted by atomic mass is 16.5. The molecule has 3 rings (SSSR count). The van der Waals surface area contributed by atoms with E-state index in [1.165, 1.54) is 12.8 Å². The normalized spacial score (nSPS) is 23.5. The van der Waals surface area contributed by atoms with Crippen molar-refractivity contribution in [2.24, 2.45) is 5.92 Å². The lowest BCUT2D eigenvalue weighted by Gasteiger charge is -2.14. The van der Waals surface area contributed by atoms with Crippen LogP contribution in [0.2, 0.25) is 0 Å². The molecule has 2 aliphatic rings. The number of para-hydroxylation sites is 1. The molecule has 1 saturated carbocycles. The van der Waals surface area contributed by atoms with Crippen LogP contribution in [-0.2, 0) is 20.9 Å². The molecule has 1 aliphatic carbocycles. The lowest BCUT2D eigenvalue weighted by atomic mass is 10.1. The zero-order valence-electron chi connectivity index (χ0n) is 12.9. The van der Waals surface area contributed by atoms with Gasteiger partial charge in [0.2, 0.25) is 5.91 Å². The average Bonchev–Trinajstić information content (AvgIpc) is 3.24. The van der Waals surface area contributed by atoms with Gasteiger partial charge in [-0.1, -0.05) is 18.2 Å². The molecule has 23 heavy (non-hydrogen) atoms. The minimum Gasteiger partial charge on any atom is -0.493 e. The molecule has 1 heterocycles. The molecular formula is C17H21NO5. The molecule has 0 bridgehead atoms. The monoisotopic (exact) mass is 319 g/mol. The standard InChI is InChI=1S/C17H21NO5/c19-16(14-7-8-15(23-14)17(20)21)18-9-12-3-1-2-4-13(12)22-10-11-5-6-11/h1-4,11,14-15H,5-10H2,(H,18,19)(H,20,21)/t14-,15+/m0/s1. The Morgan fingerprint density at radius 1 is 1.17 bits per heavy atom. The lowest BCUT2D eigenvalue weighted by molar-refractivity contribution is -0.151. The third-order valence-electron chi connectivity index (χ3n) is 4.18. The van der Waals surface area contributed by atoms with Gasteiger partial charge in [-0.2, -0.15) is 0 Å². The molecule has 2 atom stereocenters. The van der Waals surface area contributed by atoms with E-state index in [-0.39, 0.29) is 5.91 Å². The third-order valence-corrected chi connectivity index (χ3v) is 4.18. The van der Waals surface area contributed by atoms with Crippen molar-refractivity contribution in [3.8, 4) is 5.75 Å². The van der Waals surface area contributed by atoms with E-state index in [9.17, 15) is 9.59 Å². The van der Waals surface area contributed by atoms with Gasteiger partial charge in [-0.25, -0.2) is 4.79 Å². The quantitative estimate of drug-likeness (QED) is 0.799. The first kappa shape index (κ1) is 15.8. The third kappa shape index (κ3) is 4.22. The maximum absolute atomic E-state index is 12.1. The minimum absolute atomic E-state index is 0.272. The molecule has 0 unspecified atom stereocenters. The molecular weight excluding hydrogens is 298 g/mol. The van der Waals surface area contributed by atoms with E-state index in [4.69, 9.17) is 14.6 Å². The topological polar surface area (TPSA) is 84.9 Å². The van der Waals surface area contributed by atoms with Gasteiger partial charge in [0.1, 0.15) is 11.9 Å². The number of carbonyl (C=O) groups is 2. The van der Waals surface area contributed by atoms with Crippen LogP contribution < -0.4 is 10.1 Å². The predicted octanol–water partition coefficient (Wildman–Crippen LogP) is 1.72. The Morgan fingerprint density at radius 2 is 1.91 bits per heavy atom. The van der Waals surface area contributed by atoms with Gasteiger partial charge in [0, 0.05) is 12.1 Å². The molecule has 6 heteroatoms. The summed E-state index contributed by atoms with van der Waals surface area (Å²) in [4.78, 5) is 23.0. The Balaban J connectivity index is 1.51. The second-order valence-corrected chi connectivity index (χ2v) is 6.11. The number of carbonyl (C=O) groups excluding carboxylic acids is 1. The molecule has 1 aliphatic heterocycles. The maximum Gasteiger partial charge on any atom is 0.332 e. The number of carboxylic acid groups (broad SMARTS) is 1. The number of amides is 1. The summed E-state index contributed by atoms with van der Waals surface area (Å²) in [6.07, 6.45) is 1.69. The molecule has 2 fully saturated rings. The van der Waals surface area contributed by atoms with Gasteiger partial charge >= 0.3 is 5.97 Å². The summed E-state index contributed by atoms with van der Waals surface area (Å²) >= 11 is 0. The van der Waals surface area contributed by atoms with E-state index in [0.29, 0.717) is 25.3 Å². The average molecular weight is 319 g/mol. The van der Waals surface area contributed by atoms with Crippen LogP contribution in [-0.4, -0.2) is 35.8 Å². The highest BCUT2D eigenvalue weighted by Gasteiger charge is 2.34. The van der Waals surface area contributed by atoms with Gasteiger partial charge in [-0.15, -0.1) is 0 Å². The molecule has 2 N–H and O–H groups in total. The smallest absolute Gasteiger partial charge is 0.332 e. The van der Waals surface area contributed by atoms with Crippen LogP contribution in [0.5, 0.6) is 5.75 Å². The van der Waals surface area contributed by atoms with E-state index in [0.717, 1.165) is 17.9 Å². The van der Waals surface area contributed by atoms with Gasteiger partial charge < -0.3 is 19.9 Å². The summed E-state index contributed by atoms with van der Waals surface area (Å²) in [5, 5.41) is 11.7. The van der Waals surface area contributed by atoms with Crippen molar-refractivity contribution in [3.63, 3.8) is 0 Å². The maximum atomic E-state index is 12.1. The van der Waals surface area contributed by atoms with E-state index in [2.05, 4.69) is 5.32 Å². The van der Waals surface area contributed by atoms with Crippen molar-refractivity contribution in [3.05, 3.63) is 29.8 Å². The van der Waals surface area contributed by atoms with Gasteiger partial charge in [0.25, 0.3) is 0 Å². The van der Waals surface area contributed by atoms with Gasteiger partial charge in [0.05, 0.1) is 6.61 Å². The van der Waals surface area contributed by atoms with E-state index >= 15 is 0 Å². The second-order valence-electron chi connectivity index (χ2n) is 6.11. The first-order chi connectivity index (χ1) is 11.1. The largest absolute Gasteiger partial charge is 0.493 e. The van der Waals surface area contributed by atoms with Crippen LogP contribution in [0.25, 0.3) is 0 Å². The molecule has 1 aromatic rings. The highest BCUT2D eigenvalue weighted by Crippen LogP contribution is 2.30. The fraction of sp³-hybridized carbons (Fsp3) is 0.529. The van der Waals surface area contributed by atoms with Crippen LogP contribution in [0.3, 0.4) is 0 Å². The highest BCUT2D eigenvalue weighted by molar-refractivity contribution is 5.82. The number of benzene rings is 1. The van der Waals surface area contributed by atoms with E-state index < -0.39 is 18.2 Å². The number of hydrogen-bond acceptors (Lipinski definition) is 4. The van der Waals surface area contributed by atoms with Crippen LogP contribution in [0.4, 0.5) is 0 Å². The van der Waals surface area contributed by atoms with Crippen molar-refractivity contribution < 1.29 is 24.2 Å². The Labute approximate surface area is 134 Å². The van der Waals surface area contributed by atoms with Crippen molar-refractivity contribution in [2.45, 2.75) is 44.4 Å². The predicted molar refractivity (Wildman–Crippen MR) is 82.0 cm³/mol. The Kier molecular flexibility index (Phi) is 4.81. The van der Waals surface area contributed by atoms with Gasteiger partial charge in [-0.05, 0) is 37.7 Å². The van der Waals surface area contributed by atoms with Crippen molar-refractivity contribution in [2.75, 3.05) is 6.61 Å². The summed E-state index contributed by atoms with van der Waals surface area (Å²) in [7, 11) is 0. The second kappa shape index (κ2) is 7.00. The molecule has 0 aromatic heterocycles. The van der Waals surface area contributed by atoms with Crippen LogP contribution in [0.15, 0.2) is 24.3 Å². The Bertz CT molecular complexity index is 584. The molecule has 0 radical (unpaired) electrons. The summed E-state index contributed by atoms with van der Waals surface area (Å²) in [5.41, 5.74) is 0.911. The first-order valence-electron chi connectivity index (χ1n) is 8.00. The van der Waals surface area contributed by atoms with E-state index in [1.54, 1.807) is 0 Å². The molecule has 1 saturated heterocycles. The van der Waals surface area contributed by atoms with Crippen LogP contribution in [0.1, 0.15) is 31.2 Å². The number of aliphatic carboxylic acids is 1. The SMILES string of the molecule is O=C(NCc1ccccc1OCC1CC1)[C@@H]1CC[C@H](C(=O)O)O1. The van der Waals surface area contributed by atoms with Crippen LogP contribution >= 0.6 is 0 Å². The lowest BCUT2D eigenvalue weighted by Crippen LogP contribution is -2.35. The van der Waals surface area contributed by atoms with Crippen molar-refractivity contribution in [1.29, 1.82) is 0 Å². The summed E-state index contributed by atoms with van der Waals surface area (Å²) in [6.45, 7) is 1.06. The fourth-order valence-corrected chi connectivity index (χ4v) is 2.59.